The fraction of sp³-hybridized carbons (Fsp3) is 0.562. The highest BCUT2D eigenvalue weighted by Gasteiger charge is 2.25. The molecule has 0 aliphatic carbocycles. The Balaban J connectivity index is 2.80. The number of rotatable bonds is 6. The molecule has 0 spiro atoms. The first-order valence-corrected chi connectivity index (χ1v) is 6.85. The molecular formula is C16H25NO2. The Hall–Kier alpha value is -1.35. The first-order valence-electron chi connectivity index (χ1n) is 6.85. The highest BCUT2D eigenvalue weighted by molar-refractivity contribution is 5.82. The van der Waals surface area contributed by atoms with Crippen LogP contribution in [0.15, 0.2) is 30.3 Å². The number of hydrogen-bond donors (Lipinski definition) is 1. The van der Waals surface area contributed by atoms with E-state index in [1.165, 1.54) is 0 Å². The zero-order valence-corrected chi connectivity index (χ0v) is 12.5. The predicted molar refractivity (Wildman–Crippen MR) is 77.8 cm³/mol. The van der Waals surface area contributed by atoms with Gasteiger partial charge in [0.25, 0.3) is 5.91 Å². The summed E-state index contributed by atoms with van der Waals surface area (Å²) >= 11 is 0. The predicted octanol–water partition coefficient (Wildman–Crippen LogP) is 3.17. The van der Waals surface area contributed by atoms with Crippen LogP contribution in [0, 0.1) is 11.8 Å². The summed E-state index contributed by atoms with van der Waals surface area (Å²) in [6.07, 6.45) is -0.541. The molecule has 0 heterocycles. The average Bonchev–Trinajstić information content (AvgIpc) is 2.37. The summed E-state index contributed by atoms with van der Waals surface area (Å²) in [4.78, 5) is 12.4. The van der Waals surface area contributed by atoms with Crippen molar-refractivity contribution in [2.45, 2.75) is 39.8 Å². The summed E-state index contributed by atoms with van der Waals surface area (Å²) in [7, 11) is 1.57. The fourth-order valence-electron chi connectivity index (χ4n) is 2.37. The third-order valence-corrected chi connectivity index (χ3v) is 3.32. The minimum atomic E-state index is -0.541. The first kappa shape index (κ1) is 15.7. The van der Waals surface area contributed by atoms with Crippen molar-refractivity contribution in [1.29, 1.82) is 0 Å². The molecule has 1 N–H and O–H groups in total. The van der Waals surface area contributed by atoms with Gasteiger partial charge in [0, 0.05) is 13.2 Å². The highest BCUT2D eigenvalue weighted by atomic mass is 16.5. The van der Waals surface area contributed by atoms with Crippen molar-refractivity contribution in [3.8, 4) is 0 Å². The maximum absolute atomic E-state index is 12.4. The molecule has 1 aromatic carbocycles. The molecule has 3 heteroatoms. The molecule has 0 radical (unpaired) electrons. The number of carbonyl (C=O) groups excluding carboxylic acids is 1. The largest absolute Gasteiger partial charge is 0.367 e. The van der Waals surface area contributed by atoms with Crippen molar-refractivity contribution in [3.05, 3.63) is 35.9 Å². The third kappa shape index (κ3) is 4.35. The number of nitrogens with one attached hydrogen (secondary N) is 1. The molecule has 3 nitrogen and oxygen atoms in total. The molecule has 1 aromatic rings. The first-order chi connectivity index (χ1) is 8.97. The van der Waals surface area contributed by atoms with Crippen molar-refractivity contribution in [2.75, 3.05) is 7.11 Å². The molecule has 0 aromatic heterocycles. The lowest BCUT2D eigenvalue weighted by Crippen LogP contribution is -2.44. The van der Waals surface area contributed by atoms with Crippen molar-refractivity contribution in [3.63, 3.8) is 0 Å². The molecule has 0 saturated heterocycles. The maximum atomic E-state index is 12.4. The zero-order valence-electron chi connectivity index (χ0n) is 12.5. The molecule has 106 valence electrons. The SMILES string of the molecule is CO[C@@H](C(=O)NC(C(C)C)C(C)C)c1ccccc1. The van der Waals surface area contributed by atoms with Crippen LogP contribution in [0.3, 0.4) is 0 Å². The maximum Gasteiger partial charge on any atom is 0.253 e. The Morgan fingerprint density at radius 2 is 1.58 bits per heavy atom. The lowest BCUT2D eigenvalue weighted by molar-refractivity contribution is -0.132. The lowest BCUT2D eigenvalue weighted by Gasteiger charge is -2.28. The average molecular weight is 263 g/mol. The van der Waals surface area contributed by atoms with Gasteiger partial charge in [0.15, 0.2) is 6.10 Å². The van der Waals surface area contributed by atoms with Gasteiger partial charge in [0.05, 0.1) is 0 Å². The van der Waals surface area contributed by atoms with Crippen LogP contribution in [-0.4, -0.2) is 19.1 Å². The van der Waals surface area contributed by atoms with Gasteiger partial charge in [0.1, 0.15) is 0 Å². The summed E-state index contributed by atoms with van der Waals surface area (Å²) in [5, 5.41) is 3.10. The monoisotopic (exact) mass is 263 g/mol. The van der Waals surface area contributed by atoms with Crippen LogP contribution in [0.1, 0.15) is 39.4 Å². The Kier molecular flexibility index (Phi) is 6.03. The minimum absolute atomic E-state index is 0.0684. The van der Waals surface area contributed by atoms with Gasteiger partial charge in [-0.1, -0.05) is 58.0 Å². The van der Waals surface area contributed by atoms with E-state index < -0.39 is 6.10 Å². The molecule has 0 fully saturated rings. The topological polar surface area (TPSA) is 38.3 Å². The molecule has 1 atom stereocenters. The van der Waals surface area contributed by atoms with E-state index >= 15 is 0 Å². The normalized spacial score (nSPS) is 13.1. The van der Waals surface area contributed by atoms with Gasteiger partial charge in [-0.3, -0.25) is 4.79 Å². The number of hydrogen-bond acceptors (Lipinski definition) is 2. The molecule has 1 amide bonds. The number of methoxy groups -OCH3 is 1. The van der Waals surface area contributed by atoms with Crippen molar-refractivity contribution in [1.82, 2.24) is 5.32 Å². The van der Waals surface area contributed by atoms with E-state index in [4.69, 9.17) is 4.74 Å². The molecular weight excluding hydrogens is 238 g/mol. The summed E-state index contributed by atoms with van der Waals surface area (Å²) in [6, 6.07) is 9.74. The zero-order chi connectivity index (χ0) is 14.4. The van der Waals surface area contributed by atoms with Gasteiger partial charge < -0.3 is 10.1 Å². The molecule has 0 aliphatic rings. The van der Waals surface area contributed by atoms with Crippen LogP contribution in [0.25, 0.3) is 0 Å². The summed E-state index contributed by atoms with van der Waals surface area (Å²) in [5.41, 5.74) is 0.883. The number of benzene rings is 1. The van der Waals surface area contributed by atoms with E-state index in [0.717, 1.165) is 5.56 Å². The fourth-order valence-corrected chi connectivity index (χ4v) is 2.37. The van der Waals surface area contributed by atoms with Crippen LogP contribution in [0.4, 0.5) is 0 Å². The van der Waals surface area contributed by atoms with Gasteiger partial charge in [-0.2, -0.15) is 0 Å². The lowest BCUT2D eigenvalue weighted by atomic mass is 9.93. The van der Waals surface area contributed by atoms with Crippen molar-refractivity contribution >= 4 is 5.91 Å². The van der Waals surface area contributed by atoms with E-state index in [9.17, 15) is 4.79 Å². The Bertz CT molecular complexity index is 379. The minimum Gasteiger partial charge on any atom is -0.367 e. The molecule has 0 unspecified atom stereocenters. The van der Waals surface area contributed by atoms with Crippen LogP contribution in [0.2, 0.25) is 0 Å². The summed E-state index contributed by atoms with van der Waals surface area (Å²) in [6.45, 7) is 8.48. The molecule has 0 aliphatic heterocycles. The number of ether oxygens (including phenoxy) is 1. The van der Waals surface area contributed by atoms with E-state index in [2.05, 4.69) is 33.0 Å². The van der Waals surface area contributed by atoms with Gasteiger partial charge in [-0.05, 0) is 17.4 Å². The Morgan fingerprint density at radius 1 is 1.05 bits per heavy atom. The standard InChI is InChI=1S/C16H25NO2/c1-11(2)14(12(3)4)17-16(18)15(19-5)13-9-7-6-8-10-13/h6-12,14-15H,1-5H3,(H,17,18)/t15-/m1/s1. The number of carbonyl (C=O) groups is 1. The van der Waals surface area contributed by atoms with E-state index in [1.54, 1.807) is 7.11 Å². The van der Waals surface area contributed by atoms with E-state index in [1.807, 2.05) is 30.3 Å². The quantitative estimate of drug-likeness (QED) is 0.856. The number of amides is 1. The molecule has 0 saturated carbocycles. The van der Waals surface area contributed by atoms with Crippen molar-refractivity contribution < 1.29 is 9.53 Å². The molecule has 19 heavy (non-hydrogen) atoms. The Labute approximate surface area is 116 Å². The van der Waals surface area contributed by atoms with Gasteiger partial charge in [-0.15, -0.1) is 0 Å². The second-order valence-corrected chi connectivity index (χ2v) is 5.55. The summed E-state index contributed by atoms with van der Waals surface area (Å²) in [5.74, 6) is 0.732. The summed E-state index contributed by atoms with van der Waals surface area (Å²) < 4.78 is 5.35. The van der Waals surface area contributed by atoms with Crippen LogP contribution in [0.5, 0.6) is 0 Å². The van der Waals surface area contributed by atoms with E-state index in [-0.39, 0.29) is 11.9 Å². The van der Waals surface area contributed by atoms with Crippen LogP contribution in [-0.2, 0) is 9.53 Å². The van der Waals surface area contributed by atoms with Gasteiger partial charge >= 0.3 is 0 Å². The van der Waals surface area contributed by atoms with Crippen molar-refractivity contribution in [2.24, 2.45) is 11.8 Å². The third-order valence-electron chi connectivity index (χ3n) is 3.32. The van der Waals surface area contributed by atoms with Gasteiger partial charge in [0.2, 0.25) is 0 Å². The van der Waals surface area contributed by atoms with E-state index in [0.29, 0.717) is 11.8 Å². The van der Waals surface area contributed by atoms with Gasteiger partial charge in [-0.25, -0.2) is 0 Å². The van der Waals surface area contributed by atoms with Crippen LogP contribution >= 0.6 is 0 Å². The molecule has 1 rings (SSSR count). The Morgan fingerprint density at radius 3 is 2.00 bits per heavy atom. The smallest absolute Gasteiger partial charge is 0.253 e. The molecule has 0 bridgehead atoms. The highest BCUT2D eigenvalue weighted by Crippen LogP contribution is 2.19. The second kappa shape index (κ2) is 7.29. The van der Waals surface area contributed by atoms with Crippen LogP contribution < -0.4 is 5.32 Å². The second-order valence-electron chi connectivity index (χ2n) is 5.55.